The minimum Gasteiger partial charge on any atom is -0.281 e. The highest BCUT2D eigenvalue weighted by Crippen LogP contribution is 2.27. The van der Waals surface area contributed by atoms with E-state index in [1.807, 2.05) is 35.8 Å². The molecule has 1 aromatic carbocycles. The summed E-state index contributed by atoms with van der Waals surface area (Å²) in [4.78, 5) is 11.7. The van der Waals surface area contributed by atoms with Gasteiger partial charge in [-0.2, -0.15) is 0 Å². The van der Waals surface area contributed by atoms with Crippen molar-refractivity contribution in [2.24, 2.45) is 5.11 Å². The molecule has 0 atom stereocenters. The van der Waals surface area contributed by atoms with Crippen LogP contribution >= 0.6 is 23.2 Å². The Kier molecular flexibility index (Phi) is 4.90. The van der Waals surface area contributed by atoms with Crippen LogP contribution in [0.5, 0.6) is 0 Å². The molecule has 0 aliphatic heterocycles. The van der Waals surface area contributed by atoms with E-state index in [4.69, 9.17) is 28.7 Å². The predicted octanol–water partition coefficient (Wildman–Crippen LogP) is 5.14. The Morgan fingerprint density at radius 2 is 1.96 bits per heavy atom. The first-order chi connectivity index (χ1) is 11.6. The highest BCUT2D eigenvalue weighted by atomic mass is 35.5. The normalized spacial score (nSPS) is 10.8. The second kappa shape index (κ2) is 7.09. The first-order valence-electron chi connectivity index (χ1n) is 7.47. The van der Waals surface area contributed by atoms with Gasteiger partial charge in [-0.05, 0) is 35.7 Å². The Labute approximate surface area is 148 Å². The summed E-state index contributed by atoms with van der Waals surface area (Å²) in [7, 11) is 0. The van der Waals surface area contributed by atoms with Crippen LogP contribution in [0.25, 0.3) is 27.3 Å². The summed E-state index contributed by atoms with van der Waals surface area (Å²) in [6, 6.07) is 9.73. The zero-order chi connectivity index (χ0) is 17.1. The van der Waals surface area contributed by atoms with Crippen LogP contribution < -0.4 is 0 Å². The number of hydrogen-bond donors (Lipinski definition) is 0. The molecule has 0 radical (unpaired) electrons. The number of hydrogen-bond acceptors (Lipinski definition) is 3. The van der Waals surface area contributed by atoms with Crippen LogP contribution in [0, 0.1) is 0 Å². The molecule has 24 heavy (non-hydrogen) atoms. The lowest BCUT2D eigenvalue weighted by atomic mass is 10.1. The summed E-state index contributed by atoms with van der Waals surface area (Å²) in [6.45, 7) is 2.48. The molecule has 6 nitrogen and oxygen atoms in total. The summed E-state index contributed by atoms with van der Waals surface area (Å²) in [5.74, 6) is 0.887. The quantitative estimate of drug-likeness (QED) is 0.273. The molecule has 3 aromatic rings. The average molecular weight is 361 g/mol. The monoisotopic (exact) mass is 360 g/mol. The van der Waals surface area contributed by atoms with Gasteiger partial charge in [-0.15, -0.1) is 0 Å². The molecule has 3 rings (SSSR count). The fourth-order valence-electron chi connectivity index (χ4n) is 2.55. The van der Waals surface area contributed by atoms with Gasteiger partial charge in [0.15, 0.2) is 5.65 Å². The molecule has 0 N–H and O–H groups in total. The third-order valence-electron chi connectivity index (χ3n) is 3.69. The first-order valence-corrected chi connectivity index (χ1v) is 8.23. The van der Waals surface area contributed by atoms with E-state index in [-0.39, 0.29) is 5.15 Å². The van der Waals surface area contributed by atoms with Crippen molar-refractivity contribution in [2.45, 2.75) is 19.8 Å². The summed E-state index contributed by atoms with van der Waals surface area (Å²) in [5.41, 5.74) is 11.8. The third-order valence-corrected chi connectivity index (χ3v) is 4.36. The summed E-state index contributed by atoms with van der Waals surface area (Å²) < 4.78 is 1.98. The summed E-state index contributed by atoms with van der Waals surface area (Å²) >= 11 is 12.1. The second-order valence-electron chi connectivity index (χ2n) is 5.19. The number of rotatable bonds is 5. The summed E-state index contributed by atoms with van der Waals surface area (Å²) in [6.07, 6.45) is 1.46. The fourth-order valence-corrected chi connectivity index (χ4v) is 2.83. The highest BCUT2D eigenvalue weighted by molar-refractivity contribution is 6.41. The molecule has 122 valence electrons. The van der Waals surface area contributed by atoms with E-state index in [1.165, 1.54) is 0 Å². The van der Waals surface area contributed by atoms with Crippen LogP contribution in [0.1, 0.15) is 18.3 Å². The number of aromatic nitrogens is 3. The Bertz CT molecular complexity index is 926. The Morgan fingerprint density at radius 1 is 1.21 bits per heavy atom. The third kappa shape index (κ3) is 3.17. The molecule has 0 unspecified atom stereocenters. The van der Waals surface area contributed by atoms with Gasteiger partial charge in [0.2, 0.25) is 0 Å². The van der Waals surface area contributed by atoms with Crippen LogP contribution in [0.15, 0.2) is 35.4 Å². The molecular weight excluding hydrogens is 347 g/mol. The van der Waals surface area contributed by atoms with Crippen molar-refractivity contribution in [1.82, 2.24) is 14.5 Å². The van der Waals surface area contributed by atoms with Crippen molar-refractivity contribution < 1.29 is 0 Å². The van der Waals surface area contributed by atoms with E-state index in [2.05, 4.69) is 20.0 Å². The van der Waals surface area contributed by atoms with Crippen LogP contribution in [-0.2, 0) is 12.8 Å². The fraction of sp³-hybridized carbons (Fsp3) is 0.250. The molecular formula is C16H14Cl2N6. The molecule has 0 bridgehead atoms. The maximum atomic E-state index is 8.33. The standard InChI is InChI=1S/C16H14Cl2N6/c1-2-14-21-13-9-12(17)15(18)22-16(13)24(14)11-5-3-10(4-6-11)7-8-20-23-19/h3-6,9H,2,7-8H2,1H3. The van der Waals surface area contributed by atoms with Crippen LogP contribution in [-0.4, -0.2) is 21.1 Å². The number of nitrogens with zero attached hydrogens (tertiary/aromatic N) is 6. The minimum absolute atomic E-state index is 0.263. The Hall–Kier alpha value is -2.27. The van der Waals surface area contributed by atoms with Crippen molar-refractivity contribution in [3.8, 4) is 5.69 Å². The van der Waals surface area contributed by atoms with E-state index in [0.717, 1.165) is 23.5 Å². The van der Waals surface area contributed by atoms with Crippen LogP contribution in [0.3, 0.4) is 0 Å². The molecule has 8 heteroatoms. The second-order valence-corrected chi connectivity index (χ2v) is 5.96. The lowest BCUT2D eigenvalue weighted by Gasteiger charge is -2.09. The minimum atomic E-state index is 0.263. The van der Waals surface area contributed by atoms with Crippen molar-refractivity contribution >= 4 is 34.4 Å². The largest absolute Gasteiger partial charge is 0.281 e. The first kappa shape index (κ1) is 16.6. The van der Waals surface area contributed by atoms with Gasteiger partial charge in [-0.1, -0.05) is 47.4 Å². The van der Waals surface area contributed by atoms with Crippen molar-refractivity contribution in [2.75, 3.05) is 6.54 Å². The van der Waals surface area contributed by atoms with E-state index in [0.29, 0.717) is 29.2 Å². The van der Waals surface area contributed by atoms with Gasteiger partial charge >= 0.3 is 0 Å². The van der Waals surface area contributed by atoms with Crippen molar-refractivity contribution in [3.05, 3.63) is 62.3 Å². The predicted molar refractivity (Wildman–Crippen MR) is 96.0 cm³/mol. The van der Waals surface area contributed by atoms with Crippen LogP contribution in [0.2, 0.25) is 10.2 Å². The number of aryl methyl sites for hydroxylation is 1. The lowest BCUT2D eigenvalue weighted by Crippen LogP contribution is -2.01. The van der Waals surface area contributed by atoms with Crippen LogP contribution in [0.4, 0.5) is 0 Å². The Morgan fingerprint density at radius 3 is 2.62 bits per heavy atom. The van der Waals surface area contributed by atoms with Gasteiger partial charge in [0.05, 0.1) is 5.02 Å². The van der Waals surface area contributed by atoms with Gasteiger partial charge < -0.3 is 0 Å². The van der Waals surface area contributed by atoms with E-state index in [1.54, 1.807) is 6.07 Å². The van der Waals surface area contributed by atoms with E-state index < -0.39 is 0 Å². The maximum absolute atomic E-state index is 8.33. The molecule has 0 saturated carbocycles. The number of imidazole rings is 1. The Balaban J connectivity index is 2.04. The number of halogens is 2. The average Bonchev–Trinajstić information content (AvgIpc) is 2.93. The van der Waals surface area contributed by atoms with E-state index >= 15 is 0 Å². The van der Waals surface area contributed by atoms with E-state index in [9.17, 15) is 0 Å². The van der Waals surface area contributed by atoms with Gasteiger partial charge in [0.25, 0.3) is 0 Å². The van der Waals surface area contributed by atoms with Gasteiger partial charge in [-0.25, -0.2) is 9.97 Å². The molecule has 0 aliphatic carbocycles. The highest BCUT2D eigenvalue weighted by Gasteiger charge is 2.14. The maximum Gasteiger partial charge on any atom is 0.166 e. The number of azide groups is 1. The molecule has 0 fully saturated rings. The zero-order valence-electron chi connectivity index (χ0n) is 12.9. The SMILES string of the molecule is CCc1nc2cc(Cl)c(Cl)nc2n1-c1ccc(CCN=[N+]=[N-])cc1. The molecule has 2 aromatic heterocycles. The smallest absolute Gasteiger partial charge is 0.166 e. The van der Waals surface area contributed by atoms with Gasteiger partial charge in [0.1, 0.15) is 16.5 Å². The molecule has 0 saturated heterocycles. The molecule has 0 aliphatic rings. The van der Waals surface area contributed by atoms with Crippen molar-refractivity contribution in [3.63, 3.8) is 0 Å². The topological polar surface area (TPSA) is 79.5 Å². The molecule has 0 spiro atoms. The number of pyridine rings is 1. The lowest BCUT2D eigenvalue weighted by molar-refractivity contribution is 0.898. The zero-order valence-corrected chi connectivity index (χ0v) is 14.5. The molecule has 2 heterocycles. The van der Waals surface area contributed by atoms with Gasteiger partial charge in [-0.3, -0.25) is 4.57 Å². The van der Waals surface area contributed by atoms with Crippen molar-refractivity contribution in [1.29, 1.82) is 0 Å². The molecule has 0 amide bonds. The number of benzene rings is 1. The number of fused-ring (bicyclic) bond motifs is 1. The summed E-state index contributed by atoms with van der Waals surface area (Å²) in [5, 5.41) is 4.21. The van der Waals surface area contributed by atoms with Gasteiger partial charge in [0, 0.05) is 23.6 Å².